The molecule has 1 unspecified atom stereocenters. The Hall–Kier alpha value is -3.09. The molecule has 0 amide bonds. The van der Waals surface area contributed by atoms with Crippen molar-refractivity contribution in [2.75, 3.05) is 6.61 Å². The molecule has 0 bridgehead atoms. The van der Waals surface area contributed by atoms with E-state index in [1.54, 1.807) is 0 Å². The van der Waals surface area contributed by atoms with Gasteiger partial charge in [0.05, 0.1) is 4.47 Å². The third-order valence-corrected chi connectivity index (χ3v) is 4.06. The molecule has 28 heavy (non-hydrogen) atoms. The number of esters is 2. The van der Waals surface area contributed by atoms with E-state index >= 15 is 0 Å². The van der Waals surface area contributed by atoms with Crippen LogP contribution in [0, 0.1) is 0 Å². The van der Waals surface area contributed by atoms with Crippen molar-refractivity contribution < 1.29 is 28.2 Å². The fourth-order valence-electron chi connectivity index (χ4n) is 2.38. The Morgan fingerprint density at radius 1 is 1.36 bits per heavy atom. The number of rotatable bonds is 5. The molecule has 1 aliphatic heterocycles. The Morgan fingerprint density at radius 3 is 2.71 bits per heavy atom. The lowest BCUT2D eigenvalue weighted by molar-refractivity contribution is -0.141. The summed E-state index contributed by atoms with van der Waals surface area (Å²) in [5.74, 6) is -1.99. The van der Waals surface area contributed by atoms with Gasteiger partial charge in [-0.2, -0.15) is 10.1 Å². The zero-order chi connectivity index (χ0) is 20.4. The fraction of sp³-hybridized carbons (Fsp3) is 0.333. The molecule has 2 aromatic rings. The third-order valence-electron chi connectivity index (χ3n) is 3.50. The molecule has 0 saturated carbocycles. The molecule has 0 aliphatic carbocycles. The maximum Gasteiger partial charge on any atom is 0.352 e. The van der Waals surface area contributed by atoms with Gasteiger partial charge in [-0.1, -0.05) is 0 Å². The molecule has 0 spiro atoms. The minimum Gasteiger partial charge on any atom is -0.463 e. The third kappa shape index (κ3) is 3.93. The molecule has 0 saturated heterocycles. The van der Waals surface area contributed by atoms with Crippen molar-refractivity contribution in [3.05, 3.63) is 45.3 Å². The quantitative estimate of drug-likeness (QED) is 0.598. The smallest absolute Gasteiger partial charge is 0.352 e. The summed E-state index contributed by atoms with van der Waals surface area (Å²) in [6.07, 6.45) is 0.315. The molecule has 0 N–H and O–H groups in total. The molecule has 2 atom stereocenters. The van der Waals surface area contributed by atoms with E-state index < -0.39 is 42.4 Å². The van der Waals surface area contributed by atoms with Crippen molar-refractivity contribution in [3.8, 4) is 5.82 Å². The van der Waals surface area contributed by atoms with Crippen molar-refractivity contribution in [3.63, 3.8) is 0 Å². The van der Waals surface area contributed by atoms with Crippen LogP contribution in [0.3, 0.4) is 0 Å². The summed E-state index contributed by atoms with van der Waals surface area (Å²) in [6.45, 7) is 1.77. The summed E-state index contributed by atoms with van der Waals surface area (Å²) in [5.41, 5.74) is -0.850. The highest BCUT2D eigenvalue weighted by atomic mass is 79.9. The van der Waals surface area contributed by atoms with Crippen LogP contribution in [-0.4, -0.2) is 49.0 Å². The van der Waals surface area contributed by atoms with E-state index in [-0.39, 0.29) is 11.6 Å². The highest BCUT2D eigenvalue weighted by Gasteiger charge is 2.42. The van der Waals surface area contributed by atoms with Crippen LogP contribution in [0.1, 0.15) is 20.1 Å². The molecule has 1 aliphatic rings. The van der Waals surface area contributed by atoms with E-state index in [0.717, 1.165) is 18.4 Å². The van der Waals surface area contributed by atoms with Crippen LogP contribution in [-0.2, 0) is 23.8 Å². The van der Waals surface area contributed by atoms with Gasteiger partial charge in [-0.3, -0.25) is 14.2 Å². The summed E-state index contributed by atoms with van der Waals surface area (Å²) in [4.78, 5) is 42.3. The molecule has 3 rings (SSSR count). The van der Waals surface area contributed by atoms with Gasteiger partial charge in [0.2, 0.25) is 12.4 Å². The summed E-state index contributed by atoms with van der Waals surface area (Å²) in [6, 6.07) is 0. The Balaban J connectivity index is 1.94. The normalized spacial score (nSPS) is 18.7. The average Bonchev–Trinajstić information content (AvgIpc) is 3.24. The number of alkyl halides is 1. The molecule has 0 aromatic carbocycles. The van der Waals surface area contributed by atoms with E-state index in [9.17, 15) is 18.8 Å². The minimum absolute atomic E-state index is 0.139. The van der Waals surface area contributed by atoms with Gasteiger partial charge in [0.1, 0.15) is 12.7 Å². The first kappa shape index (κ1) is 19.7. The Labute approximate surface area is 164 Å². The number of hydrogen-bond donors (Lipinski definition) is 0. The second-order valence-corrected chi connectivity index (χ2v) is 6.37. The van der Waals surface area contributed by atoms with Crippen molar-refractivity contribution in [1.29, 1.82) is 0 Å². The molecule has 148 valence electrons. The van der Waals surface area contributed by atoms with Crippen LogP contribution in [0.15, 0.2) is 39.6 Å². The van der Waals surface area contributed by atoms with Gasteiger partial charge in [-0.05, 0) is 15.9 Å². The molecule has 0 radical (unpaired) electrons. The van der Waals surface area contributed by atoms with E-state index in [1.165, 1.54) is 23.5 Å². The Kier molecular flexibility index (Phi) is 5.53. The first-order chi connectivity index (χ1) is 13.3. The minimum atomic E-state index is -2.02. The van der Waals surface area contributed by atoms with Gasteiger partial charge in [-0.25, -0.2) is 18.9 Å². The molecule has 13 heteroatoms. The summed E-state index contributed by atoms with van der Waals surface area (Å²) in [7, 11) is 0. The van der Waals surface area contributed by atoms with Gasteiger partial charge in [-0.15, -0.1) is 0 Å². The lowest BCUT2D eigenvalue weighted by Crippen LogP contribution is -2.32. The van der Waals surface area contributed by atoms with Crippen molar-refractivity contribution >= 4 is 27.9 Å². The lowest BCUT2D eigenvalue weighted by Gasteiger charge is -2.18. The molecule has 3 heterocycles. The maximum atomic E-state index is 14.9. The van der Waals surface area contributed by atoms with Crippen LogP contribution in [0.5, 0.6) is 0 Å². The highest BCUT2D eigenvalue weighted by molar-refractivity contribution is 9.10. The van der Waals surface area contributed by atoms with E-state index in [1.807, 2.05) is 0 Å². The molecule has 0 fully saturated rings. The van der Waals surface area contributed by atoms with E-state index in [2.05, 4.69) is 31.0 Å². The second-order valence-electron chi connectivity index (χ2n) is 5.51. The fourth-order valence-corrected chi connectivity index (χ4v) is 2.87. The van der Waals surface area contributed by atoms with Crippen molar-refractivity contribution in [1.82, 2.24) is 24.3 Å². The van der Waals surface area contributed by atoms with Gasteiger partial charge in [0, 0.05) is 20.0 Å². The summed E-state index contributed by atoms with van der Waals surface area (Å²) < 4.78 is 32.4. The molecule has 11 nitrogen and oxygen atoms in total. The predicted molar refractivity (Wildman–Crippen MR) is 91.6 cm³/mol. The van der Waals surface area contributed by atoms with Crippen molar-refractivity contribution in [2.45, 2.75) is 26.2 Å². The lowest BCUT2D eigenvalue weighted by atomic mass is 10.3. The van der Waals surface area contributed by atoms with Crippen molar-refractivity contribution in [2.24, 2.45) is 0 Å². The SMILES string of the molecule is CC(=O)OCC1=C(OC(C)=O)C(F)[C@H](n2cc(Br)c(-n3cncn3)nc2=O)O1. The maximum absolute atomic E-state index is 14.9. The van der Waals surface area contributed by atoms with Crippen LogP contribution in [0.2, 0.25) is 0 Å². The molecular formula is C15H13BrFN5O6. The number of nitrogens with zero attached hydrogens (tertiary/aromatic N) is 5. The average molecular weight is 458 g/mol. The first-order valence-electron chi connectivity index (χ1n) is 7.77. The van der Waals surface area contributed by atoms with E-state index in [4.69, 9.17) is 14.2 Å². The monoisotopic (exact) mass is 457 g/mol. The van der Waals surface area contributed by atoms with E-state index in [0.29, 0.717) is 4.47 Å². The number of halogens is 2. The Morgan fingerprint density at radius 2 is 2.11 bits per heavy atom. The zero-order valence-corrected chi connectivity index (χ0v) is 16.1. The number of ether oxygens (including phenoxy) is 3. The van der Waals surface area contributed by atoms with Crippen LogP contribution >= 0.6 is 15.9 Å². The predicted octanol–water partition coefficient (Wildman–Crippen LogP) is 0.791. The number of carbonyl (C=O) groups is 2. The van der Waals surface area contributed by atoms with Crippen LogP contribution < -0.4 is 5.69 Å². The largest absolute Gasteiger partial charge is 0.463 e. The Bertz CT molecular complexity index is 1000. The van der Waals surface area contributed by atoms with Crippen LogP contribution in [0.25, 0.3) is 5.82 Å². The van der Waals surface area contributed by atoms with Crippen LogP contribution in [0.4, 0.5) is 4.39 Å². The summed E-state index contributed by atoms with van der Waals surface area (Å²) >= 11 is 3.23. The number of carbonyl (C=O) groups excluding carboxylic acids is 2. The van der Waals surface area contributed by atoms with Gasteiger partial charge in [0.25, 0.3) is 0 Å². The van der Waals surface area contributed by atoms with Gasteiger partial charge < -0.3 is 14.2 Å². The van der Waals surface area contributed by atoms with Gasteiger partial charge >= 0.3 is 17.6 Å². The zero-order valence-electron chi connectivity index (χ0n) is 14.5. The second kappa shape index (κ2) is 7.88. The summed E-state index contributed by atoms with van der Waals surface area (Å²) in [5, 5.41) is 3.87. The molecule has 2 aromatic heterocycles. The van der Waals surface area contributed by atoms with Gasteiger partial charge in [0.15, 0.2) is 23.9 Å². The standard InChI is InChI=1S/C15H13BrFN5O6/c1-7(23)26-4-10-12(27-8(2)24)11(17)14(28-10)21-3-9(16)13(20-15(21)25)22-6-18-5-19-22/h3,5-6,11,14H,4H2,1-2H3/t11?,14-/m1/s1. The molecular weight excluding hydrogens is 445 g/mol. The topological polar surface area (TPSA) is 127 Å². The highest BCUT2D eigenvalue weighted by Crippen LogP contribution is 2.36. The first-order valence-corrected chi connectivity index (χ1v) is 8.56. The number of aromatic nitrogens is 5. The number of hydrogen-bond acceptors (Lipinski definition) is 9.